The maximum absolute atomic E-state index is 4.02. The average molecular weight is 172 g/mol. The Morgan fingerprint density at radius 2 is 2.62 bits per heavy atom. The van der Waals surface area contributed by atoms with Crippen LogP contribution in [0.5, 0.6) is 0 Å². The van der Waals surface area contributed by atoms with E-state index in [9.17, 15) is 0 Å². The van der Waals surface area contributed by atoms with Crippen molar-refractivity contribution in [1.82, 2.24) is 0 Å². The first-order valence-electron chi connectivity index (χ1n) is 2.39. The Morgan fingerprint density at radius 1 is 1.75 bits per heavy atom. The molecule has 0 fully saturated rings. The van der Waals surface area contributed by atoms with Crippen molar-refractivity contribution in [2.75, 3.05) is 6.54 Å². The molecule has 0 radical (unpaired) electrons. The highest BCUT2D eigenvalue weighted by atomic mass is 79.9. The first-order chi connectivity index (χ1) is 3.93. The number of aliphatic imine (C=N–C) groups is 1. The number of hydrogen-bond donors (Lipinski definition) is 0. The topological polar surface area (TPSA) is 12.4 Å². The van der Waals surface area contributed by atoms with Crippen LogP contribution in [-0.4, -0.2) is 12.8 Å². The van der Waals surface area contributed by atoms with Crippen LogP contribution in [0.15, 0.2) is 27.7 Å². The van der Waals surface area contributed by atoms with Crippen molar-refractivity contribution in [3.05, 3.63) is 22.7 Å². The van der Waals surface area contributed by atoms with Crippen molar-refractivity contribution in [3.8, 4) is 0 Å². The Hall–Kier alpha value is -0.370. The molecule has 0 saturated heterocycles. The van der Waals surface area contributed by atoms with Crippen LogP contribution in [0.25, 0.3) is 0 Å². The molecule has 0 aromatic carbocycles. The van der Waals surface area contributed by atoms with E-state index in [1.807, 2.05) is 17.1 Å². The molecule has 0 atom stereocenters. The highest BCUT2D eigenvalue weighted by molar-refractivity contribution is 9.11. The zero-order valence-corrected chi connectivity index (χ0v) is 5.93. The van der Waals surface area contributed by atoms with Crippen molar-refractivity contribution >= 4 is 22.1 Å². The summed E-state index contributed by atoms with van der Waals surface area (Å²) in [5.74, 6) is 0. The maximum atomic E-state index is 4.02. The number of hydrogen-bond acceptors (Lipinski definition) is 1. The van der Waals surface area contributed by atoms with Crippen LogP contribution in [0.2, 0.25) is 0 Å². The van der Waals surface area contributed by atoms with E-state index in [0.717, 1.165) is 6.54 Å². The molecule has 0 unspecified atom stereocenters. The number of nitrogens with zero attached hydrogens (tertiary/aromatic N) is 1. The van der Waals surface area contributed by atoms with Crippen LogP contribution < -0.4 is 0 Å². The molecule has 1 aliphatic rings. The smallest absolute Gasteiger partial charge is 0.0644 e. The molecule has 42 valence electrons. The van der Waals surface area contributed by atoms with Crippen molar-refractivity contribution in [1.29, 1.82) is 0 Å². The van der Waals surface area contributed by atoms with Crippen LogP contribution >= 0.6 is 15.9 Å². The molecule has 0 amide bonds. The molecule has 0 saturated carbocycles. The Balaban J connectivity index is 2.66. The average Bonchev–Trinajstić information content (AvgIpc) is 1.90. The minimum absolute atomic E-state index is 0.807. The molecule has 0 spiro atoms. The summed E-state index contributed by atoms with van der Waals surface area (Å²) in [5, 5.41) is 0. The molecule has 1 aliphatic heterocycles. The van der Waals surface area contributed by atoms with E-state index < -0.39 is 0 Å². The molecule has 1 heterocycles. The molecule has 0 bridgehead atoms. The van der Waals surface area contributed by atoms with Gasteiger partial charge in [0, 0.05) is 6.21 Å². The third kappa shape index (κ3) is 1.30. The van der Waals surface area contributed by atoms with Gasteiger partial charge in [0.25, 0.3) is 0 Å². The largest absolute Gasteiger partial charge is 0.288 e. The lowest BCUT2D eigenvalue weighted by molar-refractivity contribution is 1.19. The van der Waals surface area contributed by atoms with Gasteiger partial charge in [-0.15, -0.1) is 0 Å². The lowest BCUT2D eigenvalue weighted by Gasteiger charge is -1.96. The second-order valence-electron chi connectivity index (χ2n) is 1.53. The summed E-state index contributed by atoms with van der Waals surface area (Å²) in [4.78, 5) is 5.91. The summed E-state index contributed by atoms with van der Waals surface area (Å²) in [7, 11) is 0. The Labute approximate surface area is 56.9 Å². The van der Waals surface area contributed by atoms with Crippen molar-refractivity contribution in [2.45, 2.75) is 0 Å². The second kappa shape index (κ2) is 2.82. The van der Waals surface area contributed by atoms with Gasteiger partial charge in [-0.2, -0.15) is 0 Å². The highest BCUT2D eigenvalue weighted by Gasteiger charge is 1.89. The summed E-state index contributed by atoms with van der Waals surface area (Å²) in [6.45, 7) is 0.807. The molecular weight excluding hydrogens is 166 g/mol. The monoisotopic (exact) mass is 171 g/mol. The van der Waals surface area contributed by atoms with Crippen molar-refractivity contribution in [3.63, 3.8) is 0 Å². The van der Waals surface area contributed by atoms with Gasteiger partial charge in [-0.1, -0.05) is 22.0 Å². The fourth-order valence-corrected chi connectivity index (χ4v) is 0.807. The standard InChI is InChI=1S/C6H6BrN/c7-4-6-2-1-3-8-5-6/h1-4H,5H2. The zero-order chi connectivity index (χ0) is 5.82. The van der Waals surface area contributed by atoms with Crippen molar-refractivity contribution in [2.24, 2.45) is 4.99 Å². The summed E-state index contributed by atoms with van der Waals surface area (Å²) >= 11 is 3.22. The molecule has 0 aromatic rings. The summed E-state index contributed by atoms with van der Waals surface area (Å²) in [5.41, 5.74) is 1.22. The Morgan fingerprint density at radius 3 is 3.00 bits per heavy atom. The van der Waals surface area contributed by atoms with Gasteiger partial charge in [-0.3, -0.25) is 4.99 Å². The van der Waals surface area contributed by atoms with E-state index >= 15 is 0 Å². The summed E-state index contributed by atoms with van der Waals surface area (Å²) in [6, 6.07) is 0. The van der Waals surface area contributed by atoms with E-state index in [-0.39, 0.29) is 0 Å². The molecule has 0 aromatic heterocycles. The third-order valence-corrected chi connectivity index (χ3v) is 1.50. The van der Waals surface area contributed by atoms with Gasteiger partial charge in [-0.25, -0.2) is 0 Å². The fraction of sp³-hybridized carbons (Fsp3) is 0.167. The van der Waals surface area contributed by atoms with Gasteiger partial charge >= 0.3 is 0 Å². The molecule has 8 heavy (non-hydrogen) atoms. The number of allylic oxidation sites excluding steroid dienone is 1. The molecule has 1 rings (SSSR count). The minimum atomic E-state index is 0.807. The van der Waals surface area contributed by atoms with Gasteiger partial charge in [0.15, 0.2) is 0 Å². The van der Waals surface area contributed by atoms with Crippen molar-refractivity contribution < 1.29 is 0 Å². The maximum Gasteiger partial charge on any atom is 0.0644 e. The van der Waals surface area contributed by atoms with E-state index in [2.05, 4.69) is 20.9 Å². The van der Waals surface area contributed by atoms with Gasteiger partial charge in [0.1, 0.15) is 0 Å². The Kier molecular flexibility index (Phi) is 2.03. The Bertz CT molecular complexity index is 156. The number of halogens is 1. The van der Waals surface area contributed by atoms with Crippen LogP contribution in [-0.2, 0) is 0 Å². The van der Waals surface area contributed by atoms with Gasteiger partial charge < -0.3 is 0 Å². The highest BCUT2D eigenvalue weighted by Crippen LogP contribution is 2.03. The summed E-state index contributed by atoms with van der Waals surface area (Å²) < 4.78 is 0. The van der Waals surface area contributed by atoms with E-state index in [0.29, 0.717) is 0 Å². The first kappa shape index (κ1) is 5.76. The lowest BCUT2D eigenvalue weighted by atomic mass is 10.2. The van der Waals surface area contributed by atoms with Crippen LogP contribution in [0.1, 0.15) is 0 Å². The lowest BCUT2D eigenvalue weighted by Crippen LogP contribution is -1.88. The molecule has 1 nitrogen and oxygen atoms in total. The van der Waals surface area contributed by atoms with E-state index in [4.69, 9.17) is 0 Å². The first-order valence-corrected chi connectivity index (χ1v) is 3.31. The van der Waals surface area contributed by atoms with E-state index in [1.165, 1.54) is 5.57 Å². The molecular formula is C6H6BrN. The predicted molar refractivity (Wildman–Crippen MR) is 39.5 cm³/mol. The quantitative estimate of drug-likeness (QED) is 0.529. The molecule has 2 heteroatoms. The van der Waals surface area contributed by atoms with Crippen LogP contribution in [0, 0.1) is 0 Å². The SMILES string of the molecule is BrC=C1C=CC=NC1. The minimum Gasteiger partial charge on any atom is -0.288 e. The van der Waals surface area contributed by atoms with Gasteiger partial charge in [0.05, 0.1) is 6.54 Å². The van der Waals surface area contributed by atoms with Crippen LogP contribution in [0.3, 0.4) is 0 Å². The number of rotatable bonds is 0. The third-order valence-electron chi connectivity index (χ3n) is 0.916. The fourth-order valence-electron chi connectivity index (χ4n) is 0.509. The molecule has 0 aliphatic carbocycles. The second-order valence-corrected chi connectivity index (χ2v) is 1.99. The number of dihydropyridines is 1. The van der Waals surface area contributed by atoms with E-state index in [1.54, 1.807) is 6.21 Å². The van der Waals surface area contributed by atoms with Gasteiger partial charge in [0.2, 0.25) is 0 Å². The van der Waals surface area contributed by atoms with Crippen LogP contribution in [0.4, 0.5) is 0 Å². The summed E-state index contributed by atoms with van der Waals surface area (Å²) in [6.07, 6.45) is 5.76. The molecule has 0 N–H and O–H groups in total. The normalized spacial score (nSPS) is 22.4. The predicted octanol–water partition coefficient (Wildman–Crippen LogP) is 1.91. The zero-order valence-electron chi connectivity index (χ0n) is 4.34. The van der Waals surface area contributed by atoms with Gasteiger partial charge in [-0.05, 0) is 16.6 Å².